The summed E-state index contributed by atoms with van der Waals surface area (Å²) in [5.74, 6) is -0.292. The van der Waals surface area contributed by atoms with Gasteiger partial charge in [0.1, 0.15) is 0 Å². The van der Waals surface area contributed by atoms with Crippen molar-refractivity contribution >= 4 is 12.4 Å². The van der Waals surface area contributed by atoms with Crippen molar-refractivity contribution in [3.8, 4) is 0 Å². The average Bonchev–Trinajstić information content (AvgIpc) is 3.16. The van der Waals surface area contributed by atoms with Gasteiger partial charge in [-0.25, -0.2) is 4.68 Å². The second-order valence-corrected chi connectivity index (χ2v) is 8.92. The van der Waals surface area contributed by atoms with Crippen molar-refractivity contribution in [1.82, 2.24) is 19.6 Å². The molecule has 1 aromatic rings. The second kappa shape index (κ2) is 10.7. The minimum absolute atomic E-state index is 0.00496. The van der Waals surface area contributed by atoms with Crippen molar-refractivity contribution in [3.63, 3.8) is 0 Å². The van der Waals surface area contributed by atoms with Crippen LogP contribution in [0.3, 0.4) is 0 Å². The van der Waals surface area contributed by atoms with Crippen LogP contribution in [0.5, 0.6) is 0 Å². The first kappa shape index (κ1) is 24.5. The molecule has 32 heavy (non-hydrogen) atoms. The van der Waals surface area contributed by atoms with Gasteiger partial charge >= 0.3 is 6.55 Å². The molecule has 4 heterocycles. The third-order valence-electron chi connectivity index (χ3n) is 6.80. The smallest absolute Gasteiger partial charge is 0.333 e. The standard InChI is InChI=1S/C20H30F2N4O3.CH2O2/c1-14-10-17(23-26(14)19(21)22)18(28)24-6-4-20(5-7-24)11-16(27)12-25(13-20)15-2-8-29-9-3-15;2-1-3/h10,15-16,19,27H,2-9,11-13H2,1H3;1H,(H,2,3). The highest BCUT2D eigenvalue weighted by Gasteiger charge is 2.44. The van der Waals surface area contributed by atoms with Crippen LogP contribution in [-0.2, 0) is 9.53 Å². The van der Waals surface area contributed by atoms with Gasteiger partial charge < -0.3 is 19.8 Å². The minimum Gasteiger partial charge on any atom is -0.483 e. The molecule has 1 amide bonds. The summed E-state index contributed by atoms with van der Waals surface area (Å²) in [6.07, 6.45) is 4.03. The van der Waals surface area contributed by atoms with E-state index >= 15 is 0 Å². The number of alkyl halides is 2. The van der Waals surface area contributed by atoms with Crippen molar-refractivity contribution < 1.29 is 33.3 Å². The molecular weight excluding hydrogens is 426 g/mol. The summed E-state index contributed by atoms with van der Waals surface area (Å²) < 4.78 is 32.0. The van der Waals surface area contributed by atoms with E-state index in [2.05, 4.69) is 10.00 Å². The van der Waals surface area contributed by atoms with Crippen LogP contribution >= 0.6 is 0 Å². The molecule has 2 N–H and O–H groups in total. The van der Waals surface area contributed by atoms with Crippen molar-refractivity contribution in [2.75, 3.05) is 39.4 Å². The molecule has 9 nitrogen and oxygen atoms in total. The number of aryl methyl sites for hydroxylation is 1. The molecule has 1 aromatic heterocycles. The van der Waals surface area contributed by atoms with Crippen LogP contribution in [0.2, 0.25) is 0 Å². The van der Waals surface area contributed by atoms with Crippen LogP contribution in [0.4, 0.5) is 8.78 Å². The second-order valence-electron chi connectivity index (χ2n) is 8.92. The van der Waals surface area contributed by atoms with Gasteiger partial charge in [0.05, 0.1) is 6.10 Å². The number of carboxylic acid groups (broad SMARTS) is 1. The van der Waals surface area contributed by atoms with Gasteiger partial charge in [0, 0.05) is 51.1 Å². The van der Waals surface area contributed by atoms with Crippen LogP contribution in [0.1, 0.15) is 54.8 Å². The maximum Gasteiger partial charge on any atom is 0.333 e. The Kier molecular flexibility index (Phi) is 8.18. The lowest BCUT2D eigenvalue weighted by Gasteiger charge is -2.51. The maximum atomic E-state index is 13.0. The lowest BCUT2D eigenvalue weighted by Crippen LogP contribution is -2.57. The van der Waals surface area contributed by atoms with Crippen LogP contribution in [0.15, 0.2) is 6.07 Å². The SMILES string of the molecule is Cc1cc(C(=O)N2CCC3(CC2)CC(O)CN(C2CCOCC2)C3)nn1C(F)F.O=CO. The Morgan fingerprint density at radius 2 is 1.94 bits per heavy atom. The number of hydrogen-bond acceptors (Lipinski definition) is 6. The summed E-state index contributed by atoms with van der Waals surface area (Å²) in [4.78, 5) is 25.3. The van der Waals surface area contributed by atoms with Crippen LogP contribution < -0.4 is 0 Å². The number of aliphatic hydroxyl groups is 1. The molecule has 180 valence electrons. The topological polar surface area (TPSA) is 108 Å². The van der Waals surface area contributed by atoms with Gasteiger partial charge in [0.2, 0.25) is 0 Å². The zero-order valence-electron chi connectivity index (χ0n) is 18.3. The first-order valence-electron chi connectivity index (χ1n) is 11.0. The molecule has 0 aliphatic carbocycles. The van der Waals surface area contributed by atoms with E-state index < -0.39 is 6.55 Å². The molecule has 3 saturated heterocycles. The summed E-state index contributed by atoms with van der Waals surface area (Å²) in [5, 5.41) is 21.2. The number of aromatic nitrogens is 2. The van der Waals surface area contributed by atoms with Crippen LogP contribution in [0, 0.1) is 12.3 Å². The van der Waals surface area contributed by atoms with E-state index in [0.29, 0.717) is 30.4 Å². The van der Waals surface area contributed by atoms with E-state index in [1.807, 2.05) is 0 Å². The molecule has 0 bridgehead atoms. The van der Waals surface area contributed by atoms with Gasteiger partial charge in [-0.3, -0.25) is 14.5 Å². The molecule has 3 aliphatic rings. The van der Waals surface area contributed by atoms with E-state index in [-0.39, 0.29) is 35.3 Å². The number of hydrogen-bond donors (Lipinski definition) is 2. The Bertz CT molecular complexity index is 776. The van der Waals surface area contributed by atoms with Crippen molar-refractivity contribution in [3.05, 3.63) is 17.5 Å². The van der Waals surface area contributed by atoms with E-state index in [1.54, 1.807) is 4.90 Å². The molecule has 3 fully saturated rings. The highest BCUT2D eigenvalue weighted by atomic mass is 19.3. The van der Waals surface area contributed by atoms with Crippen LogP contribution in [-0.4, -0.2) is 93.7 Å². The minimum atomic E-state index is -2.75. The summed E-state index contributed by atoms with van der Waals surface area (Å²) in [6.45, 7) is 2.85. The summed E-state index contributed by atoms with van der Waals surface area (Å²) in [6, 6.07) is 1.88. The highest BCUT2D eigenvalue weighted by Crippen LogP contribution is 2.41. The lowest BCUT2D eigenvalue weighted by atomic mass is 9.71. The first-order chi connectivity index (χ1) is 15.3. The third-order valence-corrected chi connectivity index (χ3v) is 6.80. The number of rotatable bonds is 3. The van der Waals surface area contributed by atoms with Crippen molar-refractivity contribution in [1.29, 1.82) is 0 Å². The molecule has 11 heteroatoms. The number of nitrogens with zero attached hydrogens (tertiary/aromatic N) is 4. The molecule has 4 rings (SSSR count). The van der Waals surface area contributed by atoms with Gasteiger partial charge in [0.25, 0.3) is 12.4 Å². The van der Waals surface area contributed by atoms with E-state index in [4.69, 9.17) is 14.6 Å². The number of carbonyl (C=O) groups excluding carboxylic acids is 1. The molecule has 1 atom stereocenters. The quantitative estimate of drug-likeness (QED) is 0.665. The summed E-state index contributed by atoms with van der Waals surface area (Å²) in [5.41, 5.74) is 0.357. The number of ether oxygens (including phenoxy) is 1. The van der Waals surface area contributed by atoms with Gasteiger partial charge in [-0.2, -0.15) is 13.9 Å². The number of carbonyl (C=O) groups is 2. The Hall–Kier alpha value is -2.11. The molecular formula is C21H32F2N4O5. The van der Waals surface area contributed by atoms with Gasteiger partial charge in [-0.1, -0.05) is 0 Å². The van der Waals surface area contributed by atoms with E-state index in [9.17, 15) is 18.7 Å². The van der Waals surface area contributed by atoms with E-state index in [0.717, 1.165) is 51.9 Å². The number of likely N-dealkylation sites (tertiary alicyclic amines) is 2. The van der Waals surface area contributed by atoms with Gasteiger partial charge in [0.15, 0.2) is 5.69 Å². The fourth-order valence-corrected chi connectivity index (χ4v) is 5.22. The fourth-order valence-electron chi connectivity index (χ4n) is 5.22. The average molecular weight is 459 g/mol. The van der Waals surface area contributed by atoms with E-state index in [1.165, 1.54) is 13.0 Å². The van der Waals surface area contributed by atoms with Crippen LogP contribution in [0.25, 0.3) is 0 Å². The number of amides is 1. The maximum absolute atomic E-state index is 13.0. The van der Waals surface area contributed by atoms with Crippen molar-refractivity contribution in [2.45, 2.75) is 57.7 Å². The molecule has 3 aliphatic heterocycles. The lowest BCUT2D eigenvalue weighted by molar-refractivity contribution is -0.122. The predicted molar refractivity (Wildman–Crippen MR) is 111 cm³/mol. The normalized spacial score (nSPS) is 24.3. The number of aliphatic hydroxyl groups excluding tert-OH is 1. The monoisotopic (exact) mass is 458 g/mol. The Morgan fingerprint density at radius 3 is 2.50 bits per heavy atom. The largest absolute Gasteiger partial charge is 0.483 e. The zero-order valence-corrected chi connectivity index (χ0v) is 18.3. The molecule has 1 spiro atoms. The first-order valence-corrected chi connectivity index (χ1v) is 11.0. The van der Waals surface area contributed by atoms with Gasteiger partial charge in [-0.05, 0) is 50.5 Å². The van der Waals surface area contributed by atoms with Crippen molar-refractivity contribution in [2.24, 2.45) is 5.41 Å². The Balaban J connectivity index is 0.000000913. The highest BCUT2D eigenvalue weighted by molar-refractivity contribution is 5.92. The number of piperidine rings is 2. The Labute approximate surface area is 185 Å². The molecule has 0 aromatic carbocycles. The Morgan fingerprint density at radius 1 is 1.31 bits per heavy atom. The molecule has 0 saturated carbocycles. The number of halogens is 2. The summed E-state index contributed by atoms with van der Waals surface area (Å²) in [7, 11) is 0. The summed E-state index contributed by atoms with van der Waals surface area (Å²) >= 11 is 0. The molecule has 1 unspecified atom stereocenters. The predicted octanol–water partition coefficient (Wildman–Crippen LogP) is 1.76. The fraction of sp³-hybridized carbons (Fsp3) is 0.762. The molecule has 0 radical (unpaired) electrons. The number of β-amino-alcohol motifs (C(OH)–C–C–N with tert-alkyl or cyclic N) is 1. The third kappa shape index (κ3) is 5.62. The van der Waals surface area contributed by atoms with Gasteiger partial charge in [-0.15, -0.1) is 0 Å². The zero-order chi connectivity index (χ0) is 23.3.